The van der Waals surface area contributed by atoms with E-state index in [-0.39, 0.29) is 6.29 Å². The van der Waals surface area contributed by atoms with Gasteiger partial charge in [0.15, 0.2) is 6.29 Å². The van der Waals surface area contributed by atoms with Crippen LogP contribution >= 0.6 is 0 Å². The highest BCUT2D eigenvalue weighted by Gasteiger charge is 2.12. The summed E-state index contributed by atoms with van der Waals surface area (Å²) in [5, 5.41) is 8.29. The van der Waals surface area contributed by atoms with Crippen molar-refractivity contribution in [1.82, 2.24) is 0 Å². The summed E-state index contributed by atoms with van der Waals surface area (Å²) in [6.07, 6.45) is 5.77. The maximum Gasteiger partial charge on any atom is 0.158 e. The van der Waals surface area contributed by atoms with Crippen LogP contribution in [0.5, 0.6) is 0 Å². The van der Waals surface area contributed by atoms with E-state index in [2.05, 4.69) is 0 Å². The van der Waals surface area contributed by atoms with Gasteiger partial charge in [0.05, 0.1) is 12.9 Å². The predicted octanol–water partition coefficient (Wildman–Crippen LogP) is 1.60. The third kappa shape index (κ3) is 3.39. The topological polar surface area (TPSA) is 38.7 Å². The van der Waals surface area contributed by atoms with E-state index in [1.807, 2.05) is 0 Å². The summed E-state index contributed by atoms with van der Waals surface area (Å²) in [5.41, 5.74) is 0. The van der Waals surface area contributed by atoms with E-state index < -0.39 is 0 Å². The van der Waals surface area contributed by atoms with Gasteiger partial charge in [-0.25, -0.2) is 0 Å². The first-order valence-corrected chi connectivity index (χ1v) is 3.96. The van der Waals surface area contributed by atoms with Gasteiger partial charge in [0, 0.05) is 6.61 Å². The van der Waals surface area contributed by atoms with Crippen molar-refractivity contribution in [3.05, 3.63) is 12.3 Å². The third-order valence-electron chi connectivity index (χ3n) is 1.62. The zero-order valence-electron chi connectivity index (χ0n) is 6.53. The van der Waals surface area contributed by atoms with Crippen molar-refractivity contribution in [2.45, 2.75) is 25.6 Å². The van der Waals surface area contributed by atoms with Gasteiger partial charge in [-0.1, -0.05) is 0 Å². The molecule has 0 amide bonds. The first-order chi connectivity index (χ1) is 5.43. The molecule has 0 aromatic carbocycles. The summed E-state index contributed by atoms with van der Waals surface area (Å²) in [6, 6.07) is 0. The van der Waals surface area contributed by atoms with Crippen molar-refractivity contribution < 1.29 is 14.6 Å². The summed E-state index contributed by atoms with van der Waals surface area (Å²) in [7, 11) is 0. The third-order valence-corrected chi connectivity index (χ3v) is 1.62. The van der Waals surface area contributed by atoms with E-state index >= 15 is 0 Å². The highest BCUT2D eigenvalue weighted by molar-refractivity contribution is 4.70. The van der Waals surface area contributed by atoms with Crippen molar-refractivity contribution in [1.29, 1.82) is 0 Å². The molecule has 1 aliphatic rings. The molecule has 0 aliphatic carbocycles. The fraction of sp³-hybridized carbons (Fsp3) is 0.750. The van der Waals surface area contributed by atoms with Gasteiger partial charge in [-0.15, -0.1) is 0 Å². The molecule has 0 bridgehead atoms. The van der Waals surface area contributed by atoms with Crippen LogP contribution in [0.25, 0.3) is 0 Å². The van der Waals surface area contributed by atoms with Crippen LogP contribution in [0, 0.1) is 0 Å². The van der Waals surface area contributed by atoms with E-state index in [0.29, 0.717) is 6.61 Å². The average molecular weight is 158 g/mol. The van der Waals surface area contributed by atoms with Crippen LogP contribution in [-0.2, 0) is 9.47 Å². The molecular formula is C8H14O3. The Morgan fingerprint density at radius 3 is 3.09 bits per heavy atom. The number of hydrogen-bond donors (Lipinski definition) is 1. The lowest BCUT2D eigenvalue weighted by atomic mass is 10.2. The highest BCUT2D eigenvalue weighted by atomic mass is 16.7. The molecule has 3 heteroatoms. The minimum absolute atomic E-state index is 0.0556. The van der Waals surface area contributed by atoms with Gasteiger partial charge in [0.2, 0.25) is 0 Å². The molecule has 0 aromatic heterocycles. The van der Waals surface area contributed by atoms with Crippen LogP contribution in [0.1, 0.15) is 19.3 Å². The zero-order chi connectivity index (χ0) is 7.94. The van der Waals surface area contributed by atoms with Gasteiger partial charge >= 0.3 is 0 Å². The molecule has 0 saturated carbocycles. The highest BCUT2D eigenvalue weighted by Crippen LogP contribution is 2.13. The lowest BCUT2D eigenvalue weighted by molar-refractivity contribution is -0.155. The van der Waals surface area contributed by atoms with Crippen molar-refractivity contribution in [3.63, 3.8) is 0 Å². The molecule has 0 radical (unpaired) electrons. The number of ether oxygens (including phenoxy) is 2. The van der Waals surface area contributed by atoms with E-state index in [1.54, 1.807) is 6.08 Å². The van der Waals surface area contributed by atoms with Crippen molar-refractivity contribution in [2.75, 3.05) is 13.2 Å². The predicted molar refractivity (Wildman–Crippen MR) is 41.3 cm³/mol. The van der Waals surface area contributed by atoms with Gasteiger partial charge in [0.1, 0.15) is 0 Å². The second kappa shape index (κ2) is 5.16. The molecule has 1 atom stereocenters. The van der Waals surface area contributed by atoms with E-state index in [4.69, 9.17) is 14.6 Å². The summed E-state index contributed by atoms with van der Waals surface area (Å²) in [5.74, 6) is 0. The Balaban J connectivity index is 2.04. The molecule has 3 nitrogen and oxygen atoms in total. The van der Waals surface area contributed by atoms with E-state index in [0.717, 1.165) is 25.7 Å². The standard InChI is InChI=1S/C8H14O3/c9-5-3-7-11-8-4-1-2-6-10-8/h3,5,8-9H,1-2,4,6-7H2/b5-3+. The van der Waals surface area contributed by atoms with Crippen LogP contribution < -0.4 is 0 Å². The molecule has 1 rings (SSSR count). The lowest BCUT2D eigenvalue weighted by Gasteiger charge is -2.21. The Morgan fingerprint density at radius 1 is 1.55 bits per heavy atom. The molecule has 1 saturated heterocycles. The summed E-state index contributed by atoms with van der Waals surface area (Å²) in [4.78, 5) is 0. The molecular weight excluding hydrogens is 144 g/mol. The molecule has 64 valence electrons. The minimum atomic E-state index is -0.0556. The average Bonchev–Trinajstić information content (AvgIpc) is 2.07. The number of aliphatic hydroxyl groups is 1. The molecule has 1 N–H and O–H groups in total. The smallest absolute Gasteiger partial charge is 0.158 e. The van der Waals surface area contributed by atoms with Crippen LogP contribution in [0.3, 0.4) is 0 Å². The molecule has 11 heavy (non-hydrogen) atoms. The maximum absolute atomic E-state index is 8.29. The van der Waals surface area contributed by atoms with Gasteiger partial charge in [-0.2, -0.15) is 0 Å². The number of hydrogen-bond acceptors (Lipinski definition) is 3. The Kier molecular flexibility index (Phi) is 4.01. The summed E-state index contributed by atoms with van der Waals surface area (Å²) in [6.45, 7) is 1.23. The monoisotopic (exact) mass is 158 g/mol. The number of aliphatic hydroxyl groups excluding tert-OH is 1. The summed E-state index contributed by atoms with van der Waals surface area (Å²) < 4.78 is 10.5. The SMILES string of the molecule is O/C=C/COC1CCCCO1. The number of rotatable bonds is 3. The van der Waals surface area contributed by atoms with Crippen LogP contribution in [0.15, 0.2) is 12.3 Å². The minimum Gasteiger partial charge on any atom is -0.516 e. The molecule has 1 heterocycles. The molecule has 1 unspecified atom stereocenters. The Hall–Kier alpha value is -0.540. The quantitative estimate of drug-likeness (QED) is 0.634. The Labute approximate surface area is 66.6 Å². The fourth-order valence-corrected chi connectivity index (χ4v) is 1.05. The van der Waals surface area contributed by atoms with Crippen LogP contribution in [-0.4, -0.2) is 24.6 Å². The second-order valence-electron chi connectivity index (χ2n) is 2.51. The van der Waals surface area contributed by atoms with Gasteiger partial charge in [-0.3, -0.25) is 0 Å². The maximum atomic E-state index is 8.29. The fourth-order valence-electron chi connectivity index (χ4n) is 1.05. The van der Waals surface area contributed by atoms with E-state index in [1.165, 1.54) is 6.42 Å². The van der Waals surface area contributed by atoms with Crippen LogP contribution in [0.2, 0.25) is 0 Å². The lowest BCUT2D eigenvalue weighted by Crippen LogP contribution is -2.22. The normalized spacial score (nSPS) is 26.0. The van der Waals surface area contributed by atoms with Crippen molar-refractivity contribution in [2.24, 2.45) is 0 Å². The molecule has 0 aromatic rings. The molecule has 1 aliphatic heterocycles. The Bertz CT molecular complexity index is 117. The first-order valence-electron chi connectivity index (χ1n) is 3.96. The van der Waals surface area contributed by atoms with Crippen LogP contribution in [0.4, 0.5) is 0 Å². The first kappa shape index (κ1) is 8.56. The van der Waals surface area contributed by atoms with Gasteiger partial charge in [-0.05, 0) is 25.3 Å². The van der Waals surface area contributed by atoms with Gasteiger partial charge in [0.25, 0.3) is 0 Å². The Morgan fingerprint density at radius 2 is 2.45 bits per heavy atom. The van der Waals surface area contributed by atoms with Gasteiger partial charge < -0.3 is 14.6 Å². The van der Waals surface area contributed by atoms with Crippen molar-refractivity contribution >= 4 is 0 Å². The molecule has 1 fully saturated rings. The summed E-state index contributed by atoms with van der Waals surface area (Å²) >= 11 is 0. The van der Waals surface area contributed by atoms with E-state index in [9.17, 15) is 0 Å². The van der Waals surface area contributed by atoms with Crippen molar-refractivity contribution in [3.8, 4) is 0 Å². The largest absolute Gasteiger partial charge is 0.516 e. The second-order valence-corrected chi connectivity index (χ2v) is 2.51. The molecule has 0 spiro atoms. The zero-order valence-corrected chi connectivity index (χ0v) is 6.53.